The van der Waals surface area contributed by atoms with Gasteiger partial charge in [0, 0.05) is 0 Å². The summed E-state index contributed by atoms with van der Waals surface area (Å²) >= 11 is 0. The lowest BCUT2D eigenvalue weighted by Gasteiger charge is -2.30. The highest BCUT2D eigenvalue weighted by Crippen LogP contribution is 2.14. The first-order valence-corrected chi connectivity index (χ1v) is 5.79. The molecule has 1 rings (SSSR count). The van der Waals surface area contributed by atoms with E-state index < -0.39 is 0 Å². The van der Waals surface area contributed by atoms with Crippen LogP contribution >= 0.6 is 0 Å². The zero-order chi connectivity index (χ0) is 10.4. The molecule has 1 aliphatic heterocycles. The highest BCUT2D eigenvalue weighted by Gasteiger charge is 2.21. The number of primary amides is 1. The van der Waals surface area contributed by atoms with Crippen molar-refractivity contribution in [2.45, 2.75) is 51.5 Å². The van der Waals surface area contributed by atoms with E-state index in [0.29, 0.717) is 0 Å². The lowest BCUT2D eigenvalue weighted by Crippen LogP contribution is -2.45. The van der Waals surface area contributed by atoms with E-state index in [1.54, 1.807) is 0 Å². The fourth-order valence-electron chi connectivity index (χ4n) is 2.22. The minimum Gasteiger partial charge on any atom is -0.368 e. The third-order valence-electron chi connectivity index (χ3n) is 3.05. The van der Waals surface area contributed by atoms with Crippen molar-refractivity contribution in [3.8, 4) is 0 Å². The number of hydrogen-bond donors (Lipinski definition) is 1. The molecule has 0 radical (unpaired) electrons. The Morgan fingerprint density at radius 3 is 2.14 bits per heavy atom. The van der Waals surface area contributed by atoms with Crippen molar-refractivity contribution in [3.05, 3.63) is 0 Å². The van der Waals surface area contributed by atoms with Crippen molar-refractivity contribution in [1.82, 2.24) is 4.90 Å². The van der Waals surface area contributed by atoms with Gasteiger partial charge in [-0.25, -0.2) is 0 Å². The van der Waals surface area contributed by atoms with Crippen LogP contribution in [0.4, 0.5) is 0 Å². The van der Waals surface area contributed by atoms with E-state index in [-0.39, 0.29) is 11.9 Å². The Bertz CT molecular complexity index is 174. The molecule has 3 heteroatoms. The van der Waals surface area contributed by atoms with Crippen LogP contribution in [0.3, 0.4) is 0 Å². The summed E-state index contributed by atoms with van der Waals surface area (Å²) in [6.45, 7) is 4.12. The third kappa shape index (κ3) is 3.29. The average Bonchev–Trinajstić information content (AvgIpc) is 2.08. The highest BCUT2D eigenvalue weighted by atomic mass is 16.1. The summed E-state index contributed by atoms with van der Waals surface area (Å²) in [7, 11) is 0. The summed E-state index contributed by atoms with van der Waals surface area (Å²) < 4.78 is 0. The second-order valence-corrected chi connectivity index (χ2v) is 4.13. The lowest BCUT2D eigenvalue weighted by atomic mass is 10.1. The Balaban J connectivity index is 2.48. The van der Waals surface area contributed by atoms with Crippen LogP contribution in [-0.2, 0) is 4.79 Å². The number of nitrogens with two attached hydrogens (primary N) is 1. The summed E-state index contributed by atoms with van der Waals surface area (Å²) in [5.74, 6) is -0.159. The molecule has 0 spiro atoms. The van der Waals surface area contributed by atoms with Crippen LogP contribution in [0.2, 0.25) is 0 Å². The largest absolute Gasteiger partial charge is 0.368 e. The molecule has 1 unspecified atom stereocenters. The first-order chi connectivity index (χ1) is 6.75. The van der Waals surface area contributed by atoms with Gasteiger partial charge >= 0.3 is 0 Å². The predicted molar refractivity (Wildman–Crippen MR) is 57.9 cm³/mol. The molecule has 0 saturated carbocycles. The van der Waals surface area contributed by atoms with Crippen LogP contribution in [0.15, 0.2) is 0 Å². The summed E-state index contributed by atoms with van der Waals surface area (Å²) in [6.07, 6.45) is 7.21. The van der Waals surface area contributed by atoms with Gasteiger partial charge < -0.3 is 5.73 Å². The lowest BCUT2D eigenvalue weighted by molar-refractivity contribution is -0.123. The fourth-order valence-corrected chi connectivity index (χ4v) is 2.22. The minimum absolute atomic E-state index is 0.0342. The normalized spacial score (nSPS) is 22.4. The monoisotopic (exact) mass is 198 g/mol. The van der Waals surface area contributed by atoms with E-state index in [0.717, 1.165) is 19.5 Å². The third-order valence-corrected chi connectivity index (χ3v) is 3.05. The van der Waals surface area contributed by atoms with Crippen LogP contribution in [0, 0.1) is 0 Å². The number of nitrogens with zero attached hydrogens (tertiary/aromatic N) is 1. The van der Waals surface area contributed by atoms with E-state index in [4.69, 9.17) is 5.73 Å². The number of rotatable bonds is 3. The predicted octanol–water partition coefficient (Wildman–Crippen LogP) is 1.52. The number of carbonyl (C=O) groups excluding carboxylic acids is 1. The van der Waals surface area contributed by atoms with Gasteiger partial charge in [0.25, 0.3) is 0 Å². The Hall–Kier alpha value is -0.570. The van der Waals surface area contributed by atoms with Gasteiger partial charge in [-0.05, 0) is 32.4 Å². The van der Waals surface area contributed by atoms with Crippen LogP contribution in [0.1, 0.15) is 45.4 Å². The molecule has 1 saturated heterocycles. The summed E-state index contributed by atoms with van der Waals surface area (Å²) in [4.78, 5) is 13.5. The molecule has 1 aliphatic rings. The molecule has 1 amide bonds. The summed E-state index contributed by atoms with van der Waals surface area (Å²) in [6, 6.07) is -0.0342. The number of amides is 1. The van der Waals surface area contributed by atoms with Gasteiger partial charge in [0.1, 0.15) is 0 Å². The Kier molecular flexibility index (Phi) is 4.94. The van der Waals surface area contributed by atoms with Crippen molar-refractivity contribution in [1.29, 1.82) is 0 Å². The van der Waals surface area contributed by atoms with E-state index >= 15 is 0 Å². The van der Waals surface area contributed by atoms with Gasteiger partial charge in [0.2, 0.25) is 5.91 Å². The second kappa shape index (κ2) is 6.02. The molecule has 1 fully saturated rings. The quantitative estimate of drug-likeness (QED) is 0.747. The molecule has 1 heterocycles. The van der Waals surface area contributed by atoms with Crippen molar-refractivity contribution < 1.29 is 4.79 Å². The summed E-state index contributed by atoms with van der Waals surface area (Å²) in [5.41, 5.74) is 5.39. The second-order valence-electron chi connectivity index (χ2n) is 4.13. The first-order valence-electron chi connectivity index (χ1n) is 5.79. The first kappa shape index (κ1) is 11.5. The molecular weight excluding hydrogens is 176 g/mol. The Morgan fingerprint density at radius 2 is 1.71 bits per heavy atom. The van der Waals surface area contributed by atoms with Crippen LogP contribution in [0.25, 0.3) is 0 Å². The number of hydrogen-bond acceptors (Lipinski definition) is 2. The molecule has 0 aromatic rings. The van der Waals surface area contributed by atoms with Gasteiger partial charge in [-0.2, -0.15) is 0 Å². The molecule has 0 aromatic heterocycles. The van der Waals surface area contributed by atoms with Gasteiger partial charge in [-0.3, -0.25) is 9.69 Å². The van der Waals surface area contributed by atoms with Gasteiger partial charge in [0.15, 0.2) is 0 Å². The average molecular weight is 198 g/mol. The van der Waals surface area contributed by atoms with Crippen molar-refractivity contribution in [3.63, 3.8) is 0 Å². The van der Waals surface area contributed by atoms with Crippen LogP contribution in [-0.4, -0.2) is 29.9 Å². The van der Waals surface area contributed by atoms with E-state index in [2.05, 4.69) is 4.90 Å². The molecular formula is C11H22N2O. The smallest absolute Gasteiger partial charge is 0.234 e. The molecule has 2 N–H and O–H groups in total. The molecule has 0 aromatic carbocycles. The minimum atomic E-state index is -0.159. The number of carbonyl (C=O) groups is 1. The fraction of sp³-hybridized carbons (Fsp3) is 0.909. The molecule has 3 nitrogen and oxygen atoms in total. The Labute approximate surface area is 86.6 Å². The molecule has 14 heavy (non-hydrogen) atoms. The van der Waals surface area contributed by atoms with E-state index in [1.165, 1.54) is 32.1 Å². The molecule has 0 aliphatic carbocycles. The number of likely N-dealkylation sites (tertiary alicyclic amines) is 1. The SMILES string of the molecule is CCC(C(N)=O)N1CCCCCCC1. The van der Waals surface area contributed by atoms with Gasteiger partial charge in [0.05, 0.1) is 6.04 Å². The highest BCUT2D eigenvalue weighted by molar-refractivity contribution is 5.79. The molecule has 82 valence electrons. The zero-order valence-corrected chi connectivity index (χ0v) is 9.17. The topological polar surface area (TPSA) is 46.3 Å². The van der Waals surface area contributed by atoms with Gasteiger partial charge in [-0.15, -0.1) is 0 Å². The van der Waals surface area contributed by atoms with E-state index in [1.807, 2.05) is 6.92 Å². The maximum absolute atomic E-state index is 11.2. The Morgan fingerprint density at radius 1 is 1.21 bits per heavy atom. The molecule has 0 bridgehead atoms. The maximum atomic E-state index is 11.2. The van der Waals surface area contributed by atoms with Crippen LogP contribution < -0.4 is 5.73 Å². The van der Waals surface area contributed by atoms with Crippen molar-refractivity contribution >= 4 is 5.91 Å². The van der Waals surface area contributed by atoms with E-state index in [9.17, 15) is 4.79 Å². The van der Waals surface area contributed by atoms with Crippen LogP contribution in [0.5, 0.6) is 0 Å². The van der Waals surface area contributed by atoms with Crippen molar-refractivity contribution in [2.75, 3.05) is 13.1 Å². The molecule has 1 atom stereocenters. The van der Waals surface area contributed by atoms with Gasteiger partial charge in [-0.1, -0.05) is 26.2 Å². The van der Waals surface area contributed by atoms with Crippen molar-refractivity contribution in [2.24, 2.45) is 5.73 Å². The standard InChI is InChI=1S/C11H22N2O/c1-2-10(11(12)14)13-8-6-4-3-5-7-9-13/h10H,2-9H2,1H3,(H2,12,14). The summed E-state index contributed by atoms with van der Waals surface area (Å²) in [5, 5.41) is 0. The maximum Gasteiger partial charge on any atom is 0.234 e. The zero-order valence-electron chi connectivity index (χ0n) is 9.17.